The van der Waals surface area contributed by atoms with Crippen LogP contribution in [-0.2, 0) is 9.88 Å². The molecule has 1 aliphatic rings. The van der Waals surface area contributed by atoms with Crippen molar-refractivity contribution < 1.29 is 9.88 Å². The summed E-state index contributed by atoms with van der Waals surface area (Å²) in [7, 11) is 3.93. The molecule has 4 heteroatoms. The Morgan fingerprint density at radius 3 is 2.90 bits per heavy atom. The fourth-order valence-corrected chi connectivity index (χ4v) is 0.637. The first-order valence-corrected chi connectivity index (χ1v) is 2.99. The molecule has 0 saturated heterocycles. The first-order chi connectivity index (χ1) is 4.79. The quantitative estimate of drug-likeness (QED) is 0.523. The SMILES string of the molecule is CN(C)CC1=NOOC=C1. The highest BCUT2D eigenvalue weighted by Gasteiger charge is 2.01. The lowest BCUT2D eigenvalue weighted by atomic mass is 10.3. The van der Waals surface area contributed by atoms with Gasteiger partial charge < -0.3 is 4.90 Å². The van der Waals surface area contributed by atoms with E-state index in [1.54, 1.807) is 6.08 Å². The number of hydrogen-bond acceptors (Lipinski definition) is 4. The summed E-state index contributed by atoms with van der Waals surface area (Å²) < 4.78 is 0. The third-order valence-electron chi connectivity index (χ3n) is 0.992. The van der Waals surface area contributed by atoms with Crippen molar-refractivity contribution in [2.75, 3.05) is 20.6 Å². The van der Waals surface area contributed by atoms with Crippen molar-refractivity contribution >= 4 is 5.71 Å². The molecule has 1 heterocycles. The highest BCUT2D eigenvalue weighted by Crippen LogP contribution is 1.95. The van der Waals surface area contributed by atoms with E-state index < -0.39 is 0 Å². The molecule has 0 aromatic carbocycles. The maximum Gasteiger partial charge on any atom is 0.147 e. The molecule has 0 unspecified atom stereocenters. The Morgan fingerprint density at radius 1 is 1.60 bits per heavy atom. The molecule has 0 bridgehead atoms. The maximum atomic E-state index is 4.39. The van der Waals surface area contributed by atoms with Gasteiger partial charge >= 0.3 is 0 Å². The Kier molecular flexibility index (Phi) is 2.28. The van der Waals surface area contributed by atoms with Gasteiger partial charge in [0, 0.05) is 12.6 Å². The summed E-state index contributed by atoms with van der Waals surface area (Å²) in [6.07, 6.45) is 3.23. The minimum absolute atomic E-state index is 0.764. The average Bonchev–Trinajstić information content (AvgIpc) is 1.88. The summed E-state index contributed by atoms with van der Waals surface area (Å²) in [6.45, 7) is 0.764. The Bertz CT molecular complexity index is 163. The first kappa shape index (κ1) is 7.08. The van der Waals surface area contributed by atoms with E-state index >= 15 is 0 Å². The van der Waals surface area contributed by atoms with E-state index in [-0.39, 0.29) is 0 Å². The van der Waals surface area contributed by atoms with Gasteiger partial charge in [0.1, 0.15) is 12.0 Å². The number of oxime groups is 1. The second-order valence-corrected chi connectivity index (χ2v) is 2.29. The summed E-state index contributed by atoms with van der Waals surface area (Å²) in [6, 6.07) is 0. The second-order valence-electron chi connectivity index (χ2n) is 2.29. The van der Waals surface area contributed by atoms with Crippen LogP contribution in [-0.4, -0.2) is 31.3 Å². The Hall–Kier alpha value is -1.03. The predicted octanol–water partition coefficient (Wildman–Crippen LogP) is 0.379. The number of rotatable bonds is 2. The Balaban J connectivity index is 2.40. The lowest BCUT2D eigenvalue weighted by Crippen LogP contribution is -2.21. The van der Waals surface area contributed by atoms with Crippen LogP contribution in [0.3, 0.4) is 0 Å². The highest BCUT2D eigenvalue weighted by atomic mass is 17.3. The fourth-order valence-electron chi connectivity index (χ4n) is 0.637. The largest absolute Gasteiger partial charge is 0.303 e. The van der Waals surface area contributed by atoms with Crippen LogP contribution in [0.4, 0.5) is 0 Å². The topological polar surface area (TPSA) is 34.1 Å². The molecule has 0 aromatic rings. The summed E-state index contributed by atoms with van der Waals surface area (Å²) in [4.78, 5) is 10.8. The van der Waals surface area contributed by atoms with Gasteiger partial charge in [-0.15, -0.1) is 0 Å². The fraction of sp³-hybridized carbons (Fsp3) is 0.500. The van der Waals surface area contributed by atoms with E-state index in [1.165, 1.54) is 6.26 Å². The maximum absolute atomic E-state index is 4.39. The number of hydrogen-bond donors (Lipinski definition) is 0. The molecule has 0 amide bonds. The molecule has 4 nitrogen and oxygen atoms in total. The van der Waals surface area contributed by atoms with E-state index in [1.807, 2.05) is 19.0 Å². The van der Waals surface area contributed by atoms with Gasteiger partial charge in [0.25, 0.3) is 0 Å². The van der Waals surface area contributed by atoms with Crippen LogP contribution in [0.5, 0.6) is 0 Å². The Morgan fingerprint density at radius 2 is 2.40 bits per heavy atom. The van der Waals surface area contributed by atoms with E-state index in [0.717, 1.165) is 12.3 Å². The van der Waals surface area contributed by atoms with Crippen molar-refractivity contribution in [3.63, 3.8) is 0 Å². The van der Waals surface area contributed by atoms with Gasteiger partial charge in [-0.2, -0.15) is 4.99 Å². The third-order valence-corrected chi connectivity index (χ3v) is 0.992. The normalized spacial score (nSPS) is 16.1. The minimum Gasteiger partial charge on any atom is -0.303 e. The van der Waals surface area contributed by atoms with Gasteiger partial charge in [0.15, 0.2) is 0 Å². The van der Waals surface area contributed by atoms with Gasteiger partial charge in [0.05, 0.1) is 0 Å². The van der Waals surface area contributed by atoms with E-state index in [9.17, 15) is 0 Å². The molecule has 1 rings (SSSR count). The molecule has 0 N–H and O–H groups in total. The van der Waals surface area contributed by atoms with Crippen molar-refractivity contribution in [1.82, 2.24) is 4.90 Å². The molecule has 0 atom stereocenters. The van der Waals surface area contributed by atoms with Crippen LogP contribution in [0.2, 0.25) is 0 Å². The van der Waals surface area contributed by atoms with Crippen LogP contribution in [0.25, 0.3) is 0 Å². The van der Waals surface area contributed by atoms with Gasteiger partial charge in [-0.05, 0) is 19.3 Å². The van der Waals surface area contributed by atoms with Crippen molar-refractivity contribution in [1.29, 1.82) is 0 Å². The molecule has 0 spiro atoms. The van der Waals surface area contributed by atoms with Crippen molar-refractivity contribution in [2.45, 2.75) is 0 Å². The molecule has 0 saturated carbocycles. The molecule has 56 valence electrons. The molecule has 0 radical (unpaired) electrons. The summed E-state index contributed by atoms with van der Waals surface area (Å²) in [5, 5.41) is 3.64. The zero-order valence-electron chi connectivity index (χ0n) is 6.07. The van der Waals surface area contributed by atoms with Gasteiger partial charge in [0.2, 0.25) is 0 Å². The van der Waals surface area contributed by atoms with Crippen LogP contribution >= 0.6 is 0 Å². The summed E-state index contributed by atoms with van der Waals surface area (Å²) >= 11 is 0. The van der Waals surface area contributed by atoms with E-state index in [4.69, 9.17) is 0 Å². The van der Waals surface area contributed by atoms with E-state index in [0.29, 0.717) is 0 Å². The lowest BCUT2D eigenvalue weighted by molar-refractivity contribution is -0.252. The molecule has 10 heavy (non-hydrogen) atoms. The average molecular weight is 142 g/mol. The van der Waals surface area contributed by atoms with Crippen LogP contribution in [0, 0.1) is 0 Å². The van der Waals surface area contributed by atoms with Crippen LogP contribution < -0.4 is 0 Å². The predicted molar refractivity (Wildman–Crippen MR) is 37.3 cm³/mol. The zero-order valence-corrected chi connectivity index (χ0v) is 6.07. The van der Waals surface area contributed by atoms with Crippen molar-refractivity contribution in [3.8, 4) is 0 Å². The van der Waals surface area contributed by atoms with Crippen LogP contribution in [0.1, 0.15) is 0 Å². The molecule has 0 fully saturated rings. The molecular weight excluding hydrogens is 132 g/mol. The highest BCUT2D eigenvalue weighted by molar-refractivity contribution is 5.96. The van der Waals surface area contributed by atoms with E-state index in [2.05, 4.69) is 15.0 Å². The third kappa shape index (κ3) is 2.06. The molecule has 0 aromatic heterocycles. The Labute approximate surface area is 59.6 Å². The summed E-state index contributed by atoms with van der Waals surface area (Å²) in [5.74, 6) is 0. The molecule has 1 aliphatic heterocycles. The van der Waals surface area contributed by atoms with Gasteiger partial charge in [-0.1, -0.05) is 0 Å². The van der Waals surface area contributed by atoms with Gasteiger partial charge in [-0.25, -0.2) is 0 Å². The first-order valence-electron chi connectivity index (χ1n) is 2.99. The van der Waals surface area contributed by atoms with Crippen molar-refractivity contribution in [2.24, 2.45) is 5.16 Å². The minimum atomic E-state index is 0.764. The monoisotopic (exact) mass is 142 g/mol. The number of nitrogens with zero attached hydrogens (tertiary/aromatic N) is 2. The second kappa shape index (κ2) is 3.22. The zero-order chi connectivity index (χ0) is 7.40. The van der Waals surface area contributed by atoms with Gasteiger partial charge in [-0.3, -0.25) is 4.89 Å². The molecular formula is C6H10N2O2. The standard InChI is InChI=1S/C6H10N2O2/c1-8(2)5-6-3-4-9-10-7-6/h3-4H,5H2,1-2H3. The summed E-state index contributed by atoms with van der Waals surface area (Å²) in [5.41, 5.74) is 0.858. The lowest BCUT2D eigenvalue weighted by Gasteiger charge is -2.09. The van der Waals surface area contributed by atoms with Crippen LogP contribution in [0.15, 0.2) is 17.5 Å². The van der Waals surface area contributed by atoms with Crippen molar-refractivity contribution in [3.05, 3.63) is 12.3 Å². The smallest absolute Gasteiger partial charge is 0.147 e. The molecule has 0 aliphatic carbocycles.